The molecule has 0 radical (unpaired) electrons. The number of urea groups is 1. The highest BCUT2D eigenvalue weighted by Crippen LogP contribution is 2.39. The molecule has 1 aliphatic heterocycles. The Morgan fingerprint density at radius 1 is 0.769 bits per heavy atom. The molecule has 4 amide bonds. The first-order valence-corrected chi connectivity index (χ1v) is 12.4. The molecule has 39 heavy (non-hydrogen) atoms. The Hall–Kier alpha value is -3.92. The molecule has 1 fully saturated rings. The number of halogens is 3. The lowest BCUT2D eigenvalue weighted by Gasteiger charge is -2.28. The van der Waals surface area contributed by atoms with Crippen molar-refractivity contribution in [2.24, 2.45) is 0 Å². The minimum atomic E-state index is -0.951. The summed E-state index contributed by atoms with van der Waals surface area (Å²) in [6.07, 6.45) is 1.34. The summed E-state index contributed by atoms with van der Waals surface area (Å²) in [5, 5.41) is 3.23. The van der Waals surface area contributed by atoms with E-state index in [1.54, 1.807) is 36.4 Å². The van der Waals surface area contributed by atoms with Crippen molar-refractivity contribution in [1.82, 2.24) is 5.32 Å². The van der Waals surface area contributed by atoms with E-state index in [0.717, 1.165) is 10.5 Å². The lowest BCUT2D eigenvalue weighted by Crippen LogP contribution is -2.54. The number of nitrogens with one attached hydrogen (secondary N) is 1. The number of nitrogens with zero attached hydrogens (tertiary/aromatic N) is 1. The summed E-state index contributed by atoms with van der Waals surface area (Å²) in [6.45, 7) is 0.192. The van der Waals surface area contributed by atoms with Crippen molar-refractivity contribution in [1.29, 1.82) is 0 Å². The third kappa shape index (κ3) is 5.90. The largest absolute Gasteiger partial charge is 0.495 e. The van der Waals surface area contributed by atoms with E-state index in [1.807, 2.05) is 0 Å². The van der Waals surface area contributed by atoms with Crippen molar-refractivity contribution in [3.05, 3.63) is 80.3 Å². The minimum absolute atomic E-state index is 0.0447. The minimum Gasteiger partial charge on any atom is -0.495 e. The molecule has 202 valence electrons. The topological polar surface area (TPSA) is 103 Å². The predicted molar refractivity (Wildman–Crippen MR) is 147 cm³/mol. The molecular formula is C27H21Cl3N2O7. The molecule has 4 rings (SSSR count). The van der Waals surface area contributed by atoms with Crippen LogP contribution >= 0.6 is 34.8 Å². The first kappa shape index (κ1) is 28.1. The molecule has 0 unspecified atom stereocenters. The molecule has 1 N–H and O–H groups in total. The Labute approximate surface area is 238 Å². The third-order valence-corrected chi connectivity index (χ3v) is 6.71. The number of amides is 4. The third-order valence-electron chi connectivity index (χ3n) is 5.67. The van der Waals surface area contributed by atoms with Gasteiger partial charge in [0.05, 0.1) is 42.1 Å². The van der Waals surface area contributed by atoms with Gasteiger partial charge in [-0.1, -0.05) is 46.9 Å². The van der Waals surface area contributed by atoms with Gasteiger partial charge >= 0.3 is 6.03 Å². The number of carbonyl (C=O) groups is 3. The molecule has 3 aromatic rings. The van der Waals surface area contributed by atoms with Crippen LogP contribution in [0.25, 0.3) is 6.08 Å². The zero-order chi connectivity index (χ0) is 28.3. The van der Waals surface area contributed by atoms with E-state index < -0.39 is 17.8 Å². The van der Waals surface area contributed by atoms with Gasteiger partial charge in [0.1, 0.15) is 23.7 Å². The Morgan fingerprint density at radius 3 is 2.15 bits per heavy atom. The van der Waals surface area contributed by atoms with Crippen LogP contribution in [-0.2, 0) is 16.2 Å². The summed E-state index contributed by atoms with van der Waals surface area (Å²) >= 11 is 18.2. The van der Waals surface area contributed by atoms with Crippen LogP contribution in [0.4, 0.5) is 10.5 Å². The van der Waals surface area contributed by atoms with Gasteiger partial charge in [-0.3, -0.25) is 14.9 Å². The van der Waals surface area contributed by atoms with Gasteiger partial charge in [0.25, 0.3) is 11.8 Å². The van der Waals surface area contributed by atoms with E-state index >= 15 is 0 Å². The van der Waals surface area contributed by atoms with Crippen LogP contribution in [0, 0.1) is 0 Å². The van der Waals surface area contributed by atoms with Crippen molar-refractivity contribution >= 4 is 64.4 Å². The van der Waals surface area contributed by atoms with E-state index in [9.17, 15) is 14.4 Å². The van der Waals surface area contributed by atoms with Gasteiger partial charge in [-0.05, 0) is 41.5 Å². The SMILES string of the molecule is COc1cc(N2C(=O)NC(=O)/C(=C\c3ccc(OCc4ccc(Cl)c(Cl)c4)c(OC)c3)C2=O)c(OC)cc1Cl. The second-order valence-corrected chi connectivity index (χ2v) is 9.29. The summed E-state index contributed by atoms with van der Waals surface area (Å²) in [5.41, 5.74) is 0.990. The molecule has 0 atom stereocenters. The summed E-state index contributed by atoms with van der Waals surface area (Å²) in [7, 11) is 4.19. The maximum atomic E-state index is 13.4. The Balaban J connectivity index is 1.64. The lowest BCUT2D eigenvalue weighted by molar-refractivity contribution is -0.122. The zero-order valence-electron chi connectivity index (χ0n) is 20.8. The number of anilines is 1. The molecule has 1 heterocycles. The second kappa shape index (κ2) is 11.9. The van der Waals surface area contributed by atoms with Crippen LogP contribution in [0.2, 0.25) is 15.1 Å². The molecule has 1 saturated heterocycles. The van der Waals surface area contributed by atoms with Gasteiger partial charge in [0.15, 0.2) is 11.5 Å². The van der Waals surface area contributed by atoms with Crippen molar-refractivity contribution < 1.29 is 33.3 Å². The number of benzene rings is 3. The highest BCUT2D eigenvalue weighted by Gasteiger charge is 2.38. The zero-order valence-corrected chi connectivity index (χ0v) is 23.1. The van der Waals surface area contributed by atoms with Crippen LogP contribution < -0.4 is 29.2 Å². The summed E-state index contributed by atoms with van der Waals surface area (Å²) in [5.74, 6) is -0.629. The predicted octanol–water partition coefficient (Wildman–Crippen LogP) is 5.92. The highest BCUT2D eigenvalue weighted by atomic mass is 35.5. The normalized spacial score (nSPS) is 14.4. The molecule has 12 heteroatoms. The molecule has 9 nitrogen and oxygen atoms in total. The molecule has 0 saturated carbocycles. The Bertz CT molecular complexity index is 1510. The standard InChI is InChI=1S/C27H21Cl3N2O7/c1-36-22-12-20(23(37-2)11-19(22)30)32-26(34)16(25(33)31-27(32)35)8-14-5-7-21(24(10-14)38-3)39-13-15-4-6-17(28)18(29)9-15/h4-12H,13H2,1-3H3,(H,31,33,35)/b16-8+. The fourth-order valence-corrected chi connectivity index (χ4v) is 4.30. The number of carbonyl (C=O) groups excluding carboxylic acids is 3. The Kier molecular flexibility index (Phi) is 8.54. The van der Waals surface area contributed by atoms with E-state index in [1.165, 1.54) is 39.5 Å². The van der Waals surface area contributed by atoms with Crippen molar-refractivity contribution in [2.45, 2.75) is 6.61 Å². The maximum absolute atomic E-state index is 13.4. The van der Waals surface area contributed by atoms with Gasteiger partial charge in [0.2, 0.25) is 0 Å². The molecule has 0 aromatic heterocycles. The summed E-state index contributed by atoms with van der Waals surface area (Å²) in [6, 6.07) is 11.8. The van der Waals surface area contributed by atoms with E-state index in [0.29, 0.717) is 27.1 Å². The number of methoxy groups -OCH3 is 3. The molecule has 3 aromatic carbocycles. The average Bonchev–Trinajstić information content (AvgIpc) is 2.92. The average molecular weight is 592 g/mol. The Morgan fingerprint density at radius 2 is 1.49 bits per heavy atom. The fourth-order valence-electron chi connectivity index (χ4n) is 3.75. The fraction of sp³-hybridized carbons (Fsp3) is 0.148. The first-order chi connectivity index (χ1) is 18.7. The number of ether oxygens (including phenoxy) is 4. The number of barbiturate groups is 1. The van der Waals surface area contributed by atoms with Gasteiger partial charge in [0, 0.05) is 12.1 Å². The highest BCUT2D eigenvalue weighted by molar-refractivity contribution is 6.42. The van der Waals surface area contributed by atoms with E-state index in [2.05, 4.69) is 5.32 Å². The smallest absolute Gasteiger partial charge is 0.336 e. The maximum Gasteiger partial charge on any atom is 0.336 e. The quantitative estimate of drug-likeness (QED) is 0.256. The first-order valence-electron chi connectivity index (χ1n) is 11.2. The monoisotopic (exact) mass is 590 g/mol. The van der Waals surface area contributed by atoms with Crippen LogP contribution in [0.5, 0.6) is 23.0 Å². The summed E-state index contributed by atoms with van der Waals surface area (Å²) in [4.78, 5) is 39.5. The van der Waals surface area contributed by atoms with Gasteiger partial charge in [-0.2, -0.15) is 0 Å². The van der Waals surface area contributed by atoms with Gasteiger partial charge < -0.3 is 18.9 Å². The lowest BCUT2D eigenvalue weighted by atomic mass is 10.1. The summed E-state index contributed by atoms with van der Waals surface area (Å²) < 4.78 is 21.8. The molecule has 0 bridgehead atoms. The van der Waals surface area contributed by atoms with Crippen molar-refractivity contribution in [3.8, 4) is 23.0 Å². The number of rotatable bonds is 8. The number of hydrogen-bond acceptors (Lipinski definition) is 7. The number of hydrogen-bond donors (Lipinski definition) is 1. The van der Waals surface area contributed by atoms with Crippen LogP contribution in [0.1, 0.15) is 11.1 Å². The molecule has 0 aliphatic carbocycles. The van der Waals surface area contributed by atoms with E-state index in [-0.39, 0.29) is 34.4 Å². The van der Waals surface area contributed by atoms with Crippen LogP contribution in [0.15, 0.2) is 54.1 Å². The number of imide groups is 2. The molecule has 0 spiro atoms. The van der Waals surface area contributed by atoms with Gasteiger partial charge in [-0.15, -0.1) is 0 Å². The van der Waals surface area contributed by atoms with Gasteiger partial charge in [-0.25, -0.2) is 9.69 Å². The van der Waals surface area contributed by atoms with Crippen molar-refractivity contribution in [2.75, 3.05) is 26.2 Å². The van der Waals surface area contributed by atoms with Crippen LogP contribution in [-0.4, -0.2) is 39.2 Å². The molecule has 1 aliphatic rings. The second-order valence-electron chi connectivity index (χ2n) is 8.06. The molecular weight excluding hydrogens is 571 g/mol. The van der Waals surface area contributed by atoms with Crippen LogP contribution in [0.3, 0.4) is 0 Å². The van der Waals surface area contributed by atoms with Crippen molar-refractivity contribution in [3.63, 3.8) is 0 Å². The van der Waals surface area contributed by atoms with E-state index in [4.69, 9.17) is 53.8 Å².